The minimum absolute atomic E-state index is 0.0315. The fourth-order valence-corrected chi connectivity index (χ4v) is 1.79. The number of fused-ring (bicyclic) bond motifs is 1. The zero-order valence-corrected chi connectivity index (χ0v) is 11.0. The van der Waals surface area contributed by atoms with Crippen LogP contribution in [0.2, 0.25) is 0 Å². The molecule has 5 heteroatoms. The van der Waals surface area contributed by atoms with E-state index < -0.39 is 5.60 Å². The van der Waals surface area contributed by atoms with Crippen molar-refractivity contribution in [2.24, 2.45) is 0 Å². The molecule has 5 nitrogen and oxygen atoms in total. The smallest absolute Gasteiger partial charge is 0.246 e. The van der Waals surface area contributed by atoms with Gasteiger partial charge in [0.1, 0.15) is 23.6 Å². The molecule has 0 aliphatic rings. The Labute approximate surface area is 111 Å². The van der Waals surface area contributed by atoms with Crippen LogP contribution in [0.4, 0.5) is 0 Å². The van der Waals surface area contributed by atoms with Crippen molar-refractivity contribution in [1.82, 2.24) is 5.32 Å². The summed E-state index contributed by atoms with van der Waals surface area (Å²) in [5.41, 5.74) is -0.552. The van der Waals surface area contributed by atoms with Crippen molar-refractivity contribution in [3.05, 3.63) is 36.1 Å². The van der Waals surface area contributed by atoms with Gasteiger partial charge in [0.15, 0.2) is 0 Å². The van der Waals surface area contributed by atoms with Crippen LogP contribution in [0.1, 0.15) is 12.7 Å². The van der Waals surface area contributed by atoms with Gasteiger partial charge in [0.2, 0.25) is 5.91 Å². The monoisotopic (exact) mass is 263 g/mol. The van der Waals surface area contributed by atoms with Gasteiger partial charge in [-0.05, 0) is 19.1 Å². The van der Waals surface area contributed by atoms with Crippen LogP contribution in [0.25, 0.3) is 11.0 Å². The second kappa shape index (κ2) is 5.42. The lowest BCUT2D eigenvalue weighted by Crippen LogP contribution is -2.39. The summed E-state index contributed by atoms with van der Waals surface area (Å²) in [6.07, 6.45) is 0. The van der Waals surface area contributed by atoms with E-state index in [0.29, 0.717) is 11.3 Å². The van der Waals surface area contributed by atoms with Crippen molar-refractivity contribution < 1.29 is 19.1 Å². The molecule has 19 heavy (non-hydrogen) atoms. The Bertz CT molecular complexity index is 541. The molecule has 0 saturated carbocycles. The molecular weight excluding hydrogens is 246 g/mol. The maximum absolute atomic E-state index is 11.3. The standard InChI is InChI=1S/C14H17NO4/c1-14(17,9-15-13(16)8-18-2)12-7-10-5-3-4-6-11(10)19-12/h3-7,17H,8-9H2,1-2H3,(H,15,16). The number of benzene rings is 1. The van der Waals surface area contributed by atoms with Crippen molar-refractivity contribution in [3.8, 4) is 0 Å². The Morgan fingerprint density at radius 1 is 1.47 bits per heavy atom. The van der Waals surface area contributed by atoms with E-state index in [2.05, 4.69) is 5.32 Å². The second-order valence-electron chi connectivity index (χ2n) is 4.63. The van der Waals surface area contributed by atoms with Gasteiger partial charge in [-0.1, -0.05) is 18.2 Å². The molecule has 0 aliphatic heterocycles. The van der Waals surface area contributed by atoms with Gasteiger partial charge in [0, 0.05) is 12.5 Å². The Hall–Kier alpha value is -1.85. The summed E-state index contributed by atoms with van der Waals surface area (Å²) in [5.74, 6) is 0.144. The number of aliphatic hydroxyl groups is 1. The normalized spacial score (nSPS) is 14.3. The summed E-state index contributed by atoms with van der Waals surface area (Å²) in [6.45, 7) is 1.63. The van der Waals surface area contributed by atoms with Crippen molar-refractivity contribution in [1.29, 1.82) is 0 Å². The fourth-order valence-electron chi connectivity index (χ4n) is 1.79. The summed E-state index contributed by atoms with van der Waals surface area (Å²) in [4.78, 5) is 11.3. The maximum Gasteiger partial charge on any atom is 0.246 e. The van der Waals surface area contributed by atoms with Crippen LogP contribution in [0.3, 0.4) is 0 Å². The van der Waals surface area contributed by atoms with E-state index in [1.165, 1.54) is 7.11 Å². The Kier molecular flexibility index (Phi) is 3.87. The van der Waals surface area contributed by atoms with E-state index in [-0.39, 0.29) is 19.1 Å². The third-order valence-corrected chi connectivity index (χ3v) is 2.86. The predicted molar refractivity (Wildman–Crippen MR) is 70.7 cm³/mol. The van der Waals surface area contributed by atoms with E-state index in [4.69, 9.17) is 9.15 Å². The molecular formula is C14H17NO4. The average molecular weight is 263 g/mol. The van der Waals surface area contributed by atoms with Gasteiger partial charge < -0.3 is 19.6 Å². The first-order valence-corrected chi connectivity index (χ1v) is 6.00. The average Bonchev–Trinajstić information content (AvgIpc) is 2.81. The zero-order valence-electron chi connectivity index (χ0n) is 11.0. The molecule has 1 aromatic carbocycles. The van der Waals surface area contributed by atoms with Crippen molar-refractivity contribution in [3.63, 3.8) is 0 Å². The largest absolute Gasteiger partial charge is 0.458 e. The molecule has 0 aliphatic carbocycles. The fraction of sp³-hybridized carbons (Fsp3) is 0.357. The second-order valence-corrected chi connectivity index (χ2v) is 4.63. The number of carbonyl (C=O) groups excluding carboxylic acids is 1. The molecule has 0 fully saturated rings. The number of methoxy groups -OCH3 is 1. The number of carbonyl (C=O) groups is 1. The van der Waals surface area contributed by atoms with E-state index in [1.807, 2.05) is 24.3 Å². The summed E-state index contributed by atoms with van der Waals surface area (Å²) in [6, 6.07) is 9.28. The third kappa shape index (κ3) is 3.13. The van der Waals surface area contributed by atoms with Crippen LogP contribution >= 0.6 is 0 Å². The maximum atomic E-state index is 11.3. The first-order valence-electron chi connectivity index (χ1n) is 6.00. The molecule has 0 bridgehead atoms. The highest BCUT2D eigenvalue weighted by Gasteiger charge is 2.28. The highest BCUT2D eigenvalue weighted by atomic mass is 16.5. The topological polar surface area (TPSA) is 71.7 Å². The quantitative estimate of drug-likeness (QED) is 0.855. The van der Waals surface area contributed by atoms with Crippen LogP contribution < -0.4 is 5.32 Å². The number of hydrogen-bond acceptors (Lipinski definition) is 4. The van der Waals surface area contributed by atoms with Gasteiger partial charge in [0.05, 0.1) is 6.54 Å². The number of ether oxygens (including phenoxy) is 1. The molecule has 2 N–H and O–H groups in total. The SMILES string of the molecule is COCC(=O)NCC(C)(O)c1cc2ccccc2o1. The van der Waals surface area contributed by atoms with Gasteiger partial charge in [-0.3, -0.25) is 4.79 Å². The first kappa shape index (κ1) is 13.6. The van der Waals surface area contributed by atoms with E-state index in [1.54, 1.807) is 13.0 Å². The van der Waals surface area contributed by atoms with E-state index >= 15 is 0 Å². The summed E-state index contributed by atoms with van der Waals surface area (Å²) in [7, 11) is 1.44. The lowest BCUT2D eigenvalue weighted by atomic mass is 10.0. The van der Waals surface area contributed by atoms with Crippen molar-refractivity contribution >= 4 is 16.9 Å². The molecule has 1 atom stereocenters. The Morgan fingerprint density at radius 2 is 2.21 bits per heavy atom. The zero-order chi connectivity index (χ0) is 13.9. The summed E-state index contributed by atoms with van der Waals surface area (Å²) in [5, 5.41) is 13.9. The molecule has 2 aromatic rings. The first-order chi connectivity index (χ1) is 9.03. The number of para-hydroxylation sites is 1. The minimum Gasteiger partial charge on any atom is -0.458 e. The van der Waals surface area contributed by atoms with Crippen LogP contribution in [-0.4, -0.2) is 31.3 Å². The van der Waals surface area contributed by atoms with Gasteiger partial charge >= 0.3 is 0 Å². The Morgan fingerprint density at radius 3 is 2.89 bits per heavy atom. The van der Waals surface area contributed by atoms with Crippen LogP contribution in [-0.2, 0) is 15.1 Å². The van der Waals surface area contributed by atoms with Crippen LogP contribution in [0.15, 0.2) is 34.7 Å². The molecule has 0 radical (unpaired) electrons. The number of furan rings is 1. The molecule has 102 valence electrons. The van der Waals surface area contributed by atoms with Crippen LogP contribution in [0, 0.1) is 0 Å². The van der Waals surface area contributed by atoms with Gasteiger partial charge in [-0.15, -0.1) is 0 Å². The minimum atomic E-state index is -1.26. The molecule has 1 amide bonds. The van der Waals surface area contributed by atoms with E-state index in [0.717, 1.165) is 5.39 Å². The number of hydrogen-bond donors (Lipinski definition) is 2. The van der Waals surface area contributed by atoms with Crippen molar-refractivity contribution in [2.75, 3.05) is 20.3 Å². The molecule has 0 spiro atoms. The molecule has 1 heterocycles. The molecule has 2 rings (SSSR count). The molecule has 1 aromatic heterocycles. The lowest BCUT2D eigenvalue weighted by molar-refractivity contribution is -0.126. The molecule has 1 unspecified atom stereocenters. The van der Waals surface area contributed by atoms with E-state index in [9.17, 15) is 9.90 Å². The molecule has 0 saturated heterocycles. The van der Waals surface area contributed by atoms with Gasteiger partial charge in [-0.25, -0.2) is 0 Å². The highest BCUT2D eigenvalue weighted by molar-refractivity contribution is 5.78. The lowest BCUT2D eigenvalue weighted by Gasteiger charge is -2.20. The summed E-state index contributed by atoms with van der Waals surface area (Å²) < 4.78 is 10.3. The summed E-state index contributed by atoms with van der Waals surface area (Å²) >= 11 is 0. The third-order valence-electron chi connectivity index (χ3n) is 2.86. The number of amides is 1. The van der Waals surface area contributed by atoms with Gasteiger partial charge in [-0.2, -0.15) is 0 Å². The van der Waals surface area contributed by atoms with Gasteiger partial charge in [0.25, 0.3) is 0 Å². The highest BCUT2D eigenvalue weighted by Crippen LogP contribution is 2.27. The number of nitrogens with one attached hydrogen (secondary N) is 1. The van der Waals surface area contributed by atoms with Crippen LogP contribution in [0.5, 0.6) is 0 Å². The predicted octanol–water partition coefficient (Wildman–Crippen LogP) is 1.40. The number of rotatable bonds is 5. The Balaban J connectivity index is 2.12. The van der Waals surface area contributed by atoms with Crippen molar-refractivity contribution in [2.45, 2.75) is 12.5 Å².